The second-order valence-electron chi connectivity index (χ2n) is 16.2. The summed E-state index contributed by atoms with van der Waals surface area (Å²) in [5.74, 6) is 2.29. The van der Waals surface area contributed by atoms with Gasteiger partial charge in [-0.05, 0) is 123 Å². The fourth-order valence-electron chi connectivity index (χ4n) is 6.72. The molecule has 5 heteroatoms. The molecular weight excluding hydrogens is 540 g/mol. The molecule has 2 fully saturated rings. The molecule has 0 aromatic heterocycles. The van der Waals surface area contributed by atoms with Crippen LogP contribution in [0.25, 0.3) is 0 Å². The Balaban J connectivity index is 2.26. The molecule has 0 spiro atoms. The molecule has 0 aromatic rings. The van der Waals surface area contributed by atoms with Crippen LogP contribution in [0.5, 0.6) is 0 Å². The van der Waals surface area contributed by atoms with Crippen LogP contribution in [0, 0.1) is 23.2 Å². The van der Waals surface area contributed by atoms with Crippen molar-refractivity contribution in [3.63, 3.8) is 0 Å². The molecule has 5 atom stereocenters. The van der Waals surface area contributed by atoms with Gasteiger partial charge in [0.2, 0.25) is 0 Å². The predicted molar refractivity (Wildman–Crippen MR) is 168 cm³/mol. The van der Waals surface area contributed by atoms with Crippen LogP contribution in [-0.2, 0) is 8.85 Å². The molecule has 0 saturated heterocycles. The minimum absolute atomic E-state index is 0.129. The summed E-state index contributed by atoms with van der Waals surface area (Å²) in [6.07, 6.45) is 9.21. The number of allylic oxidation sites excluding steroid dienone is 1. The average Bonchev–Trinajstić information content (AvgIpc) is 3.05. The fourth-order valence-corrected chi connectivity index (χ4v) is 10.5. The SMILES string of the molecule is C[C@H](CC[C@H](O[Si](C)(C)C(C)(C)C)C(C)(C)O[Si](C)(C)C(C)(C)C)[C@H]1CC[C@H]2/C(=C/Br)CCC[C@]12C. The molecule has 0 aliphatic heterocycles. The maximum absolute atomic E-state index is 7.23. The third kappa shape index (κ3) is 7.01. The first-order valence-electron chi connectivity index (χ1n) is 14.8. The highest BCUT2D eigenvalue weighted by molar-refractivity contribution is 9.11. The van der Waals surface area contributed by atoms with Crippen molar-refractivity contribution in [3.05, 3.63) is 10.6 Å². The van der Waals surface area contributed by atoms with Crippen molar-refractivity contribution in [3.8, 4) is 0 Å². The molecule has 212 valence electrons. The summed E-state index contributed by atoms with van der Waals surface area (Å²) in [6.45, 7) is 33.5. The Morgan fingerprint density at radius 3 is 2.00 bits per heavy atom. The van der Waals surface area contributed by atoms with Crippen LogP contribution in [0.15, 0.2) is 10.6 Å². The minimum atomic E-state index is -1.94. The van der Waals surface area contributed by atoms with Gasteiger partial charge < -0.3 is 8.85 Å². The first-order chi connectivity index (χ1) is 16.1. The number of hydrogen-bond donors (Lipinski definition) is 0. The average molecular weight is 602 g/mol. The molecule has 0 aromatic carbocycles. The van der Waals surface area contributed by atoms with Crippen LogP contribution < -0.4 is 0 Å². The van der Waals surface area contributed by atoms with E-state index in [2.05, 4.69) is 116 Å². The lowest BCUT2D eigenvalue weighted by atomic mass is 9.61. The van der Waals surface area contributed by atoms with Gasteiger partial charge in [0.15, 0.2) is 16.6 Å². The van der Waals surface area contributed by atoms with Gasteiger partial charge in [-0.3, -0.25) is 0 Å². The zero-order valence-electron chi connectivity index (χ0n) is 26.5. The zero-order chi connectivity index (χ0) is 28.0. The summed E-state index contributed by atoms with van der Waals surface area (Å²) >= 11 is 3.70. The molecule has 2 nitrogen and oxygen atoms in total. The summed E-state index contributed by atoms with van der Waals surface area (Å²) in [7, 11) is -3.87. The Labute approximate surface area is 236 Å². The number of rotatable bonds is 9. The lowest BCUT2D eigenvalue weighted by Gasteiger charge is -2.49. The van der Waals surface area contributed by atoms with Gasteiger partial charge in [0.05, 0.1) is 11.7 Å². The topological polar surface area (TPSA) is 18.5 Å². The minimum Gasteiger partial charge on any atom is -0.411 e. The predicted octanol–water partition coefficient (Wildman–Crippen LogP) is 11.1. The molecule has 0 bridgehead atoms. The molecule has 0 N–H and O–H groups in total. The first-order valence-corrected chi connectivity index (χ1v) is 21.5. The Hall–Kier alpha value is 0.574. The lowest BCUT2D eigenvalue weighted by Crippen LogP contribution is -2.56. The number of fused-ring (bicyclic) bond motifs is 1. The molecule has 0 radical (unpaired) electrons. The molecule has 2 aliphatic rings. The fraction of sp³-hybridized carbons (Fsp3) is 0.935. The number of halogens is 1. The maximum Gasteiger partial charge on any atom is 0.192 e. The van der Waals surface area contributed by atoms with Crippen LogP contribution >= 0.6 is 15.9 Å². The van der Waals surface area contributed by atoms with Gasteiger partial charge in [-0.15, -0.1) is 0 Å². The molecular formula is C31H61BrO2Si2. The van der Waals surface area contributed by atoms with Crippen molar-refractivity contribution in [2.45, 2.75) is 162 Å². The molecule has 2 rings (SSSR count). The maximum atomic E-state index is 7.23. The van der Waals surface area contributed by atoms with Crippen molar-refractivity contribution in [2.75, 3.05) is 0 Å². The highest BCUT2D eigenvalue weighted by atomic mass is 79.9. The second-order valence-corrected chi connectivity index (χ2v) is 26.1. The van der Waals surface area contributed by atoms with Crippen LogP contribution in [0.1, 0.15) is 114 Å². The van der Waals surface area contributed by atoms with Gasteiger partial charge in [-0.25, -0.2) is 0 Å². The molecule has 36 heavy (non-hydrogen) atoms. The molecule has 0 heterocycles. The van der Waals surface area contributed by atoms with E-state index >= 15 is 0 Å². The Morgan fingerprint density at radius 1 is 0.944 bits per heavy atom. The lowest BCUT2D eigenvalue weighted by molar-refractivity contribution is -0.0386. The van der Waals surface area contributed by atoms with E-state index in [9.17, 15) is 0 Å². The Morgan fingerprint density at radius 2 is 1.50 bits per heavy atom. The quantitative estimate of drug-likeness (QED) is 0.245. The van der Waals surface area contributed by atoms with Crippen LogP contribution in [0.3, 0.4) is 0 Å². The molecule has 2 saturated carbocycles. The normalized spacial score (nSPS) is 29.4. The van der Waals surface area contributed by atoms with Crippen LogP contribution in [-0.4, -0.2) is 28.3 Å². The van der Waals surface area contributed by atoms with Crippen molar-refractivity contribution in [1.29, 1.82) is 0 Å². The van der Waals surface area contributed by atoms with Gasteiger partial charge in [-0.2, -0.15) is 0 Å². The summed E-state index contributed by atoms with van der Waals surface area (Å²) < 4.78 is 14.4. The van der Waals surface area contributed by atoms with Crippen LogP contribution in [0.2, 0.25) is 36.3 Å². The van der Waals surface area contributed by atoms with Crippen molar-refractivity contribution in [1.82, 2.24) is 0 Å². The van der Waals surface area contributed by atoms with Gasteiger partial charge in [0, 0.05) is 0 Å². The summed E-state index contributed by atoms with van der Waals surface area (Å²) in [5, 5.41) is 0.380. The highest BCUT2D eigenvalue weighted by Gasteiger charge is 2.51. The second kappa shape index (κ2) is 11.2. The van der Waals surface area contributed by atoms with Crippen molar-refractivity contribution in [2.24, 2.45) is 23.2 Å². The smallest absolute Gasteiger partial charge is 0.192 e. The summed E-state index contributed by atoms with van der Waals surface area (Å²) in [6, 6.07) is 0. The highest BCUT2D eigenvalue weighted by Crippen LogP contribution is 2.60. The first kappa shape index (κ1) is 32.8. The molecule has 0 amide bonds. The molecule has 2 aliphatic carbocycles. The standard InChI is InChI=1S/C31H61BrO2Si2/c1-23(25-18-19-26-24(22-32)16-15-21-31(25,26)10)17-20-27(33-35(11,12)28(2,3)4)30(8,9)34-36(13,14)29(5,6)7/h22-23,25-27H,15-21H2,1-14H3/b24-22+/t23-,25-,26+,27+,31-/m1/s1. The Bertz CT molecular complexity index is 774. The van der Waals surface area contributed by atoms with Gasteiger partial charge >= 0.3 is 0 Å². The van der Waals surface area contributed by atoms with Crippen LogP contribution in [0.4, 0.5) is 0 Å². The van der Waals surface area contributed by atoms with E-state index in [4.69, 9.17) is 8.85 Å². The van der Waals surface area contributed by atoms with Crippen molar-refractivity contribution >= 4 is 32.6 Å². The van der Waals surface area contributed by atoms with Crippen molar-refractivity contribution < 1.29 is 8.85 Å². The van der Waals surface area contributed by atoms with E-state index in [-0.39, 0.29) is 21.8 Å². The van der Waals surface area contributed by atoms with E-state index in [1.165, 1.54) is 38.5 Å². The summed E-state index contributed by atoms with van der Waals surface area (Å²) in [4.78, 5) is 2.26. The Kier molecular flexibility index (Phi) is 10.2. The van der Waals surface area contributed by atoms with E-state index in [1.54, 1.807) is 5.57 Å². The molecule has 0 unspecified atom stereocenters. The van der Waals surface area contributed by atoms with Gasteiger partial charge in [0.25, 0.3) is 0 Å². The number of hydrogen-bond acceptors (Lipinski definition) is 2. The summed E-state index contributed by atoms with van der Waals surface area (Å²) in [5.41, 5.74) is 1.83. The van der Waals surface area contributed by atoms with E-state index < -0.39 is 16.6 Å². The van der Waals surface area contributed by atoms with Gasteiger partial charge in [0.1, 0.15) is 0 Å². The largest absolute Gasteiger partial charge is 0.411 e. The van der Waals surface area contributed by atoms with E-state index in [0.29, 0.717) is 11.3 Å². The van der Waals surface area contributed by atoms with E-state index in [0.717, 1.165) is 18.3 Å². The third-order valence-electron chi connectivity index (χ3n) is 11.1. The van der Waals surface area contributed by atoms with Gasteiger partial charge in [-0.1, -0.05) is 76.9 Å². The van der Waals surface area contributed by atoms with E-state index in [1.807, 2.05) is 0 Å². The monoisotopic (exact) mass is 600 g/mol. The third-order valence-corrected chi connectivity index (χ3v) is 20.8. The zero-order valence-corrected chi connectivity index (χ0v) is 30.1.